The van der Waals surface area contributed by atoms with Gasteiger partial charge in [0.25, 0.3) is 5.91 Å². The molecule has 0 aliphatic heterocycles. The minimum atomic E-state index is -1.21. The Morgan fingerprint density at radius 1 is 1.14 bits per heavy atom. The Labute approximate surface area is 125 Å². The smallest absolute Gasteiger partial charge is 0.330 e. The summed E-state index contributed by atoms with van der Waals surface area (Å²) in [7, 11) is 0. The summed E-state index contributed by atoms with van der Waals surface area (Å²) in [6, 6.07) is 10.3. The minimum absolute atomic E-state index is 0.0141. The third kappa shape index (κ3) is 3.58. The Morgan fingerprint density at radius 2 is 1.81 bits per heavy atom. The average Bonchev–Trinajstić information content (AvgIpc) is 2.45. The number of carbonyl (C=O) groups is 2. The van der Waals surface area contributed by atoms with Gasteiger partial charge >= 0.3 is 5.97 Å². The Bertz CT molecular complexity index is 676. The van der Waals surface area contributed by atoms with Crippen molar-refractivity contribution < 1.29 is 19.1 Å². The van der Waals surface area contributed by atoms with Gasteiger partial charge in [-0.3, -0.25) is 4.79 Å². The first-order chi connectivity index (χ1) is 9.99. The van der Waals surface area contributed by atoms with Gasteiger partial charge in [-0.2, -0.15) is 0 Å². The second kappa shape index (κ2) is 6.37. The molecule has 0 fully saturated rings. The molecular formula is C15H11ClFNO3. The number of benzene rings is 2. The lowest BCUT2D eigenvalue weighted by Crippen LogP contribution is -2.33. The van der Waals surface area contributed by atoms with Crippen molar-refractivity contribution in [3.63, 3.8) is 0 Å². The van der Waals surface area contributed by atoms with Crippen LogP contribution in [-0.2, 0) is 4.79 Å². The van der Waals surface area contributed by atoms with Crippen molar-refractivity contribution in [2.45, 2.75) is 6.04 Å². The number of carboxylic acid groups (broad SMARTS) is 1. The molecule has 2 N–H and O–H groups in total. The molecule has 108 valence electrons. The number of aliphatic carboxylic acids is 1. The maximum atomic E-state index is 13.0. The number of rotatable bonds is 4. The molecule has 2 rings (SSSR count). The normalized spacial score (nSPS) is 11.7. The van der Waals surface area contributed by atoms with E-state index in [9.17, 15) is 19.1 Å². The topological polar surface area (TPSA) is 66.4 Å². The van der Waals surface area contributed by atoms with E-state index in [4.69, 9.17) is 11.6 Å². The van der Waals surface area contributed by atoms with E-state index in [0.717, 1.165) is 12.1 Å². The van der Waals surface area contributed by atoms with Gasteiger partial charge in [0.05, 0.1) is 10.6 Å². The summed E-state index contributed by atoms with van der Waals surface area (Å²) < 4.78 is 13.0. The largest absolute Gasteiger partial charge is 0.479 e. The van der Waals surface area contributed by atoms with E-state index in [1.807, 2.05) is 0 Å². The van der Waals surface area contributed by atoms with Gasteiger partial charge in [0.2, 0.25) is 0 Å². The van der Waals surface area contributed by atoms with Crippen molar-refractivity contribution in [3.8, 4) is 0 Å². The van der Waals surface area contributed by atoms with E-state index < -0.39 is 23.7 Å². The molecule has 21 heavy (non-hydrogen) atoms. The summed E-state index contributed by atoms with van der Waals surface area (Å²) in [4.78, 5) is 23.4. The first-order valence-electron chi connectivity index (χ1n) is 6.02. The van der Waals surface area contributed by atoms with Gasteiger partial charge in [-0.25, -0.2) is 9.18 Å². The molecule has 1 amide bonds. The molecule has 1 atom stereocenters. The first-order valence-corrected chi connectivity index (χ1v) is 6.40. The summed E-state index contributed by atoms with van der Waals surface area (Å²) in [6.45, 7) is 0. The SMILES string of the molecule is O=C(NC(C(=O)O)c1ccccc1)c1ccc(F)cc1Cl. The highest BCUT2D eigenvalue weighted by atomic mass is 35.5. The van der Waals surface area contributed by atoms with Crippen LogP contribution in [0.1, 0.15) is 22.0 Å². The first kappa shape index (κ1) is 15.0. The van der Waals surface area contributed by atoms with Gasteiger partial charge in [0.1, 0.15) is 5.82 Å². The summed E-state index contributed by atoms with van der Waals surface area (Å²) in [6.07, 6.45) is 0. The van der Waals surface area contributed by atoms with Gasteiger partial charge < -0.3 is 10.4 Å². The minimum Gasteiger partial charge on any atom is -0.479 e. The molecule has 1 unspecified atom stereocenters. The lowest BCUT2D eigenvalue weighted by atomic mass is 10.1. The van der Waals surface area contributed by atoms with Crippen molar-refractivity contribution in [3.05, 3.63) is 70.5 Å². The number of halogens is 2. The highest BCUT2D eigenvalue weighted by molar-refractivity contribution is 6.33. The van der Waals surface area contributed by atoms with Crippen LogP contribution in [0.25, 0.3) is 0 Å². The van der Waals surface area contributed by atoms with Crippen molar-refractivity contribution in [1.82, 2.24) is 5.32 Å². The molecule has 6 heteroatoms. The zero-order valence-electron chi connectivity index (χ0n) is 10.7. The number of hydrogen-bond donors (Lipinski definition) is 2. The van der Waals surface area contributed by atoms with Crippen molar-refractivity contribution in [1.29, 1.82) is 0 Å². The molecule has 0 aliphatic carbocycles. The monoisotopic (exact) mass is 307 g/mol. The van der Waals surface area contributed by atoms with E-state index in [2.05, 4.69) is 5.32 Å². The molecular weight excluding hydrogens is 297 g/mol. The molecule has 0 heterocycles. The molecule has 4 nitrogen and oxygen atoms in total. The quantitative estimate of drug-likeness (QED) is 0.912. The lowest BCUT2D eigenvalue weighted by Gasteiger charge is -2.15. The fourth-order valence-electron chi connectivity index (χ4n) is 1.82. The lowest BCUT2D eigenvalue weighted by molar-refractivity contribution is -0.139. The second-order valence-corrected chi connectivity index (χ2v) is 4.69. The Balaban J connectivity index is 2.25. The molecule has 0 bridgehead atoms. The van der Waals surface area contributed by atoms with Crippen LogP contribution in [0.4, 0.5) is 4.39 Å². The van der Waals surface area contributed by atoms with Gasteiger partial charge in [-0.15, -0.1) is 0 Å². The van der Waals surface area contributed by atoms with Crippen LogP contribution in [-0.4, -0.2) is 17.0 Å². The standard InChI is InChI=1S/C15H11ClFNO3/c16-12-8-10(17)6-7-11(12)14(19)18-13(15(20)21)9-4-2-1-3-5-9/h1-8,13H,(H,18,19)(H,20,21). The third-order valence-corrected chi connectivity index (χ3v) is 3.14. The maximum absolute atomic E-state index is 13.0. The third-order valence-electron chi connectivity index (χ3n) is 2.83. The van der Waals surface area contributed by atoms with Crippen molar-refractivity contribution in [2.75, 3.05) is 0 Å². The Hall–Kier alpha value is -2.40. The number of amides is 1. The Kier molecular flexibility index (Phi) is 4.55. The number of nitrogens with one attached hydrogen (secondary N) is 1. The molecule has 0 aromatic heterocycles. The summed E-state index contributed by atoms with van der Waals surface area (Å²) in [5.41, 5.74) is 0.442. The summed E-state index contributed by atoms with van der Waals surface area (Å²) >= 11 is 5.79. The van der Waals surface area contributed by atoms with E-state index in [-0.39, 0.29) is 10.6 Å². The molecule has 0 saturated heterocycles. The van der Waals surface area contributed by atoms with Crippen molar-refractivity contribution >= 4 is 23.5 Å². The van der Waals surface area contributed by atoms with E-state index in [1.54, 1.807) is 30.3 Å². The molecule has 2 aromatic rings. The number of hydrogen-bond acceptors (Lipinski definition) is 2. The molecule has 0 spiro atoms. The van der Waals surface area contributed by atoms with Crippen LogP contribution >= 0.6 is 11.6 Å². The van der Waals surface area contributed by atoms with Gasteiger partial charge in [-0.05, 0) is 23.8 Å². The predicted octanol–water partition coefficient (Wildman–Crippen LogP) is 3.03. The number of carboxylic acids is 1. The Morgan fingerprint density at radius 3 is 2.38 bits per heavy atom. The van der Waals surface area contributed by atoms with Gasteiger partial charge in [0, 0.05) is 0 Å². The van der Waals surface area contributed by atoms with Crippen LogP contribution in [0, 0.1) is 5.82 Å². The fourth-order valence-corrected chi connectivity index (χ4v) is 2.07. The van der Waals surface area contributed by atoms with E-state index in [0.29, 0.717) is 5.56 Å². The summed E-state index contributed by atoms with van der Waals surface area (Å²) in [5.74, 6) is -2.46. The highest BCUT2D eigenvalue weighted by Gasteiger charge is 2.23. The zero-order valence-corrected chi connectivity index (χ0v) is 11.5. The van der Waals surface area contributed by atoms with Crippen LogP contribution in [0.2, 0.25) is 5.02 Å². The van der Waals surface area contributed by atoms with Crippen LogP contribution in [0.5, 0.6) is 0 Å². The maximum Gasteiger partial charge on any atom is 0.330 e. The average molecular weight is 308 g/mol. The van der Waals surface area contributed by atoms with Gasteiger partial charge in [-0.1, -0.05) is 41.9 Å². The molecule has 0 aliphatic rings. The predicted molar refractivity (Wildman–Crippen MR) is 75.7 cm³/mol. The fraction of sp³-hybridized carbons (Fsp3) is 0.0667. The number of carbonyl (C=O) groups excluding carboxylic acids is 1. The van der Waals surface area contributed by atoms with E-state index in [1.165, 1.54) is 6.07 Å². The molecule has 0 saturated carbocycles. The molecule has 2 aromatic carbocycles. The molecule has 0 radical (unpaired) electrons. The summed E-state index contributed by atoms with van der Waals surface area (Å²) in [5, 5.41) is 11.5. The van der Waals surface area contributed by atoms with Crippen LogP contribution in [0.15, 0.2) is 48.5 Å². The van der Waals surface area contributed by atoms with Crippen LogP contribution in [0.3, 0.4) is 0 Å². The van der Waals surface area contributed by atoms with Crippen LogP contribution < -0.4 is 5.32 Å². The highest BCUT2D eigenvalue weighted by Crippen LogP contribution is 2.19. The van der Waals surface area contributed by atoms with E-state index >= 15 is 0 Å². The van der Waals surface area contributed by atoms with Crippen molar-refractivity contribution in [2.24, 2.45) is 0 Å². The van der Waals surface area contributed by atoms with Gasteiger partial charge in [0.15, 0.2) is 6.04 Å². The zero-order chi connectivity index (χ0) is 15.4. The second-order valence-electron chi connectivity index (χ2n) is 4.28.